The van der Waals surface area contributed by atoms with Gasteiger partial charge in [-0.2, -0.15) is 0 Å². The van der Waals surface area contributed by atoms with Crippen LogP contribution >= 0.6 is 0 Å². The smallest absolute Gasteiger partial charge is 0.0726 e. The van der Waals surface area contributed by atoms with E-state index in [9.17, 15) is 0 Å². The van der Waals surface area contributed by atoms with E-state index in [0.717, 1.165) is 39.0 Å². The number of hydrogen-bond donors (Lipinski definition) is 0. The van der Waals surface area contributed by atoms with E-state index in [1.807, 2.05) is 18.2 Å². The van der Waals surface area contributed by atoms with Gasteiger partial charge >= 0.3 is 0 Å². The predicted molar refractivity (Wildman–Crippen MR) is 356 cm³/mol. The maximum absolute atomic E-state index is 4.15. The molecule has 83 heavy (non-hydrogen) atoms. The lowest BCUT2D eigenvalue weighted by Crippen LogP contribution is -2.26. The molecule has 12 rings (SSSR count). The van der Waals surface area contributed by atoms with Gasteiger partial charge in [0.15, 0.2) is 0 Å². The second kappa shape index (κ2) is 24.1. The van der Waals surface area contributed by atoms with Crippen LogP contribution in [-0.4, -0.2) is 0 Å². The maximum Gasteiger partial charge on any atom is 0.0726 e. The maximum atomic E-state index is 4.15. The number of benzene rings is 10. The lowest BCUT2D eigenvalue weighted by molar-refractivity contribution is 0.792. The number of rotatable bonds is 16. The van der Waals surface area contributed by atoms with E-state index in [1.54, 1.807) is 0 Å². The van der Waals surface area contributed by atoms with Crippen LogP contribution in [0.1, 0.15) is 91.7 Å². The van der Waals surface area contributed by atoms with Crippen molar-refractivity contribution in [2.75, 3.05) is 0 Å². The molecule has 0 N–H and O–H groups in total. The van der Waals surface area contributed by atoms with Crippen molar-refractivity contribution in [3.05, 3.63) is 411 Å². The molecule has 2 aliphatic carbocycles. The quantitative estimate of drug-likeness (QED) is 0.0668. The van der Waals surface area contributed by atoms with Crippen molar-refractivity contribution in [3.63, 3.8) is 0 Å². The van der Waals surface area contributed by atoms with E-state index in [4.69, 9.17) is 0 Å². The second-order valence-corrected chi connectivity index (χ2v) is 21.1. The normalized spacial score (nSPS) is 13.0. The summed E-state index contributed by atoms with van der Waals surface area (Å²) in [7, 11) is 0. The lowest BCUT2D eigenvalue weighted by Gasteiger charge is -2.31. The highest BCUT2D eigenvalue weighted by molar-refractivity contribution is 6.00. The van der Waals surface area contributed by atoms with Crippen LogP contribution in [0.5, 0.6) is 0 Å². The fourth-order valence-corrected chi connectivity index (χ4v) is 12.4. The Morgan fingerprint density at radius 3 is 0.892 bits per heavy atom. The average Bonchev–Trinajstić information content (AvgIpc) is 2.09. The Labute approximate surface area is 490 Å². The first-order valence-corrected chi connectivity index (χ1v) is 28.7. The molecular weight excluding hydrogens is 997 g/mol. The first-order valence-electron chi connectivity index (χ1n) is 28.7. The molecule has 0 amide bonds. The van der Waals surface area contributed by atoms with Gasteiger partial charge in [0.1, 0.15) is 0 Å². The van der Waals surface area contributed by atoms with Crippen LogP contribution in [0.25, 0.3) is 63.3 Å². The zero-order valence-corrected chi connectivity index (χ0v) is 47.1. The van der Waals surface area contributed by atoms with Crippen molar-refractivity contribution >= 4 is 41.0 Å². The predicted octanol–water partition coefficient (Wildman–Crippen LogP) is 21.6. The van der Waals surface area contributed by atoms with Gasteiger partial charge in [-0.3, -0.25) is 0 Å². The molecule has 0 fully saturated rings. The minimum absolute atomic E-state index is 0.759. The molecule has 2 aliphatic rings. The first-order chi connectivity index (χ1) is 41.0. The Balaban J connectivity index is 1.19. The molecular formula is C83H64. The summed E-state index contributed by atoms with van der Waals surface area (Å²) in [4.78, 5) is 0. The number of allylic oxidation sites excluding steroid dienone is 11. The van der Waals surface area contributed by atoms with Crippen molar-refractivity contribution in [2.45, 2.75) is 19.3 Å². The summed E-state index contributed by atoms with van der Waals surface area (Å²) in [5.74, 6) is 0. The van der Waals surface area contributed by atoms with Crippen LogP contribution in [0.2, 0.25) is 0 Å². The van der Waals surface area contributed by atoms with Crippen molar-refractivity contribution in [1.29, 1.82) is 0 Å². The van der Waals surface area contributed by atoms with Gasteiger partial charge in [-0.1, -0.05) is 292 Å². The van der Waals surface area contributed by atoms with Gasteiger partial charge in [-0.15, -0.1) is 0 Å². The molecule has 0 heterocycles. The van der Waals surface area contributed by atoms with Crippen LogP contribution in [0.15, 0.2) is 333 Å². The Kier molecular flexibility index (Phi) is 15.5. The summed E-state index contributed by atoms with van der Waals surface area (Å²) in [5, 5.41) is 0. The van der Waals surface area contributed by atoms with Crippen molar-refractivity contribution in [2.24, 2.45) is 0 Å². The molecule has 0 bridgehead atoms. The van der Waals surface area contributed by atoms with Crippen LogP contribution in [0.3, 0.4) is 0 Å². The minimum Gasteiger partial charge on any atom is -0.0991 e. The molecule has 1 spiro atoms. The van der Waals surface area contributed by atoms with E-state index in [-0.39, 0.29) is 0 Å². The molecule has 0 nitrogen and oxygen atoms in total. The summed E-state index contributed by atoms with van der Waals surface area (Å²) in [5.41, 5.74) is 27.4. The molecule has 0 aliphatic heterocycles. The van der Waals surface area contributed by atoms with E-state index < -0.39 is 5.41 Å². The molecule has 0 saturated carbocycles. The van der Waals surface area contributed by atoms with Gasteiger partial charge in [0, 0.05) is 0 Å². The van der Waals surface area contributed by atoms with Crippen molar-refractivity contribution in [3.8, 4) is 22.3 Å². The molecule has 396 valence electrons. The van der Waals surface area contributed by atoms with E-state index in [0.29, 0.717) is 0 Å². The minimum atomic E-state index is -0.759. The Morgan fingerprint density at radius 2 is 0.627 bits per heavy atom. The lowest BCUT2D eigenvalue weighted by atomic mass is 9.69. The largest absolute Gasteiger partial charge is 0.0991 e. The van der Waals surface area contributed by atoms with Gasteiger partial charge in [0.05, 0.1) is 5.41 Å². The molecule has 10 aromatic carbocycles. The fourth-order valence-electron chi connectivity index (χ4n) is 12.4. The summed E-state index contributed by atoms with van der Waals surface area (Å²) < 4.78 is 0. The summed E-state index contributed by atoms with van der Waals surface area (Å²) in [6.45, 7) is 12.4. The summed E-state index contributed by atoms with van der Waals surface area (Å²) >= 11 is 0. The van der Waals surface area contributed by atoms with E-state index in [1.165, 1.54) is 94.6 Å². The third-order valence-corrected chi connectivity index (χ3v) is 16.1. The number of hydrogen-bond acceptors (Lipinski definition) is 0. The Hall–Kier alpha value is -10.4. The van der Waals surface area contributed by atoms with Gasteiger partial charge in [0.25, 0.3) is 0 Å². The third-order valence-electron chi connectivity index (χ3n) is 16.1. The molecule has 0 aromatic heterocycles. The number of fused-ring (bicyclic) bond motifs is 10. The van der Waals surface area contributed by atoms with Crippen LogP contribution < -0.4 is 0 Å². The van der Waals surface area contributed by atoms with Gasteiger partial charge < -0.3 is 0 Å². The van der Waals surface area contributed by atoms with Crippen LogP contribution in [0, 0.1) is 0 Å². The van der Waals surface area contributed by atoms with Crippen molar-refractivity contribution in [1.82, 2.24) is 0 Å². The first kappa shape index (κ1) is 53.3. The zero-order chi connectivity index (χ0) is 56.5. The van der Waals surface area contributed by atoms with Gasteiger partial charge in [0.2, 0.25) is 0 Å². The van der Waals surface area contributed by atoms with E-state index in [2.05, 4.69) is 336 Å². The third kappa shape index (κ3) is 10.5. The van der Waals surface area contributed by atoms with Gasteiger partial charge in [-0.05, 0) is 196 Å². The van der Waals surface area contributed by atoms with Crippen LogP contribution in [0.4, 0.5) is 0 Å². The molecule has 0 atom stereocenters. The Bertz CT molecular complexity index is 3870. The van der Waals surface area contributed by atoms with Crippen LogP contribution in [-0.2, 0) is 5.41 Å². The van der Waals surface area contributed by atoms with E-state index >= 15 is 0 Å². The highest BCUT2D eigenvalue weighted by Gasteiger charge is 2.52. The van der Waals surface area contributed by atoms with Crippen molar-refractivity contribution < 1.29 is 0 Å². The molecule has 0 unspecified atom stereocenters. The molecule has 0 saturated heterocycles. The average molecular weight is 1060 g/mol. The SMILES string of the molecule is C=C\C=C/C(=C\C)C(=C/c1ccc2c(c1)C1(c3cc(C=C(c4ccccc4)c4ccccc4)ccc3-c3ccc(C=C(c4ccccc4)c4ccccc4)cc31)c1cc(C=C(c3ccccc3)c3ccccc3)ccc1-2)/C(/C=C\C)=C/C=C. The highest BCUT2D eigenvalue weighted by Crippen LogP contribution is 2.64. The monoisotopic (exact) mass is 1060 g/mol. The standard InChI is InChI=1S/C83H64/c1-5-9-30-63(8-4)75(64(28-6-2)29-7-3)51-59-43-47-71-72-48-44-60(52-76(65-31-16-10-17-32-65)66-33-18-11-19-34-66)56-80(72)83(79(71)55-59)81-57-61(53-77(67-35-20-12-21-36-67)68-37-22-13-23-38-68)45-49-73(81)74-50-46-62(58-82(74)83)54-78(69-39-24-14-25-40-69)70-41-26-15-27-42-70/h5-58H,1-2H2,3-4H3/b29-7-,30-9-,63-8+,64-28+,75-51-. The highest BCUT2D eigenvalue weighted by atomic mass is 14.5. The summed E-state index contributed by atoms with van der Waals surface area (Å²) in [6, 6.07) is 93.6. The van der Waals surface area contributed by atoms with Gasteiger partial charge in [-0.25, -0.2) is 0 Å². The fraction of sp³-hybridized carbons (Fsp3) is 0.0361. The second-order valence-electron chi connectivity index (χ2n) is 21.1. The molecule has 0 radical (unpaired) electrons. The Morgan fingerprint density at radius 1 is 0.325 bits per heavy atom. The molecule has 0 heteroatoms. The molecule has 10 aromatic rings. The zero-order valence-electron chi connectivity index (χ0n) is 47.1. The summed E-state index contributed by atoms with van der Waals surface area (Å²) in [6.07, 6.45) is 25.9. The topological polar surface area (TPSA) is 0 Å².